The highest BCUT2D eigenvalue weighted by Crippen LogP contribution is 2.20. The van der Waals surface area contributed by atoms with Crippen LogP contribution >= 0.6 is 11.8 Å². The molecule has 0 aromatic heterocycles. The van der Waals surface area contributed by atoms with E-state index in [0.717, 1.165) is 23.3 Å². The van der Waals surface area contributed by atoms with Crippen molar-refractivity contribution in [2.45, 2.75) is 37.5 Å². The summed E-state index contributed by atoms with van der Waals surface area (Å²) in [5.74, 6) is 0.413. The highest BCUT2D eigenvalue weighted by atomic mass is 32.2. The zero-order valence-corrected chi connectivity index (χ0v) is 15.5. The van der Waals surface area contributed by atoms with Gasteiger partial charge in [0.25, 0.3) is 5.91 Å². The van der Waals surface area contributed by atoms with Crippen molar-refractivity contribution in [3.8, 4) is 0 Å². The van der Waals surface area contributed by atoms with E-state index in [1.54, 1.807) is 0 Å². The van der Waals surface area contributed by atoms with Gasteiger partial charge in [-0.2, -0.15) is 0 Å². The van der Waals surface area contributed by atoms with Crippen LogP contribution in [0.15, 0.2) is 59.5 Å². The molecule has 4 heteroatoms. The molecule has 0 spiro atoms. The molecule has 132 valence electrons. The first-order chi connectivity index (χ1) is 12.2. The van der Waals surface area contributed by atoms with E-state index in [2.05, 4.69) is 12.2 Å². The van der Waals surface area contributed by atoms with Gasteiger partial charge in [0.05, 0.1) is 5.75 Å². The molecule has 25 heavy (non-hydrogen) atoms. The average Bonchev–Trinajstić information content (AvgIpc) is 2.66. The van der Waals surface area contributed by atoms with Crippen LogP contribution in [0.4, 0.5) is 0 Å². The van der Waals surface area contributed by atoms with Gasteiger partial charge in [-0.1, -0.05) is 62.6 Å². The van der Waals surface area contributed by atoms with Crippen LogP contribution in [0.1, 0.15) is 53.3 Å². The summed E-state index contributed by atoms with van der Waals surface area (Å²) in [5, 5.41) is 2.96. The van der Waals surface area contributed by atoms with Crippen molar-refractivity contribution in [2.24, 2.45) is 0 Å². The lowest BCUT2D eigenvalue weighted by atomic mass is 10.2. The molecule has 0 saturated carbocycles. The summed E-state index contributed by atoms with van der Waals surface area (Å²) in [5.41, 5.74) is 1.36. The number of Topliss-reactive ketones (excluding diaryl/α,β-unsaturated/α-hetero) is 1. The number of hydrogen-bond donors (Lipinski definition) is 1. The van der Waals surface area contributed by atoms with Gasteiger partial charge < -0.3 is 5.32 Å². The fourth-order valence-corrected chi connectivity index (χ4v) is 3.29. The molecule has 2 aromatic rings. The highest BCUT2D eigenvalue weighted by molar-refractivity contribution is 8.00. The van der Waals surface area contributed by atoms with Crippen LogP contribution in [0.25, 0.3) is 0 Å². The Labute approximate surface area is 154 Å². The molecule has 2 rings (SSSR count). The predicted octanol–water partition coefficient (Wildman–Crippen LogP) is 4.97. The first-order valence-corrected chi connectivity index (χ1v) is 9.78. The second kappa shape index (κ2) is 10.7. The van der Waals surface area contributed by atoms with Crippen molar-refractivity contribution in [3.05, 3.63) is 65.7 Å². The third-order valence-electron chi connectivity index (χ3n) is 3.88. The maximum Gasteiger partial charge on any atom is 0.251 e. The third-order valence-corrected chi connectivity index (χ3v) is 4.87. The zero-order chi connectivity index (χ0) is 17.9. The van der Waals surface area contributed by atoms with Crippen molar-refractivity contribution < 1.29 is 9.59 Å². The molecule has 0 fully saturated rings. The zero-order valence-electron chi connectivity index (χ0n) is 14.7. The minimum absolute atomic E-state index is 0.0478. The van der Waals surface area contributed by atoms with Gasteiger partial charge in [0, 0.05) is 22.6 Å². The number of carbonyl (C=O) groups is 2. The number of carbonyl (C=O) groups excluding carboxylic acids is 2. The van der Waals surface area contributed by atoms with Crippen LogP contribution in [0, 0.1) is 0 Å². The summed E-state index contributed by atoms with van der Waals surface area (Å²) in [6, 6.07) is 16.7. The van der Waals surface area contributed by atoms with Crippen molar-refractivity contribution in [1.29, 1.82) is 0 Å². The van der Waals surface area contributed by atoms with E-state index in [-0.39, 0.29) is 11.7 Å². The van der Waals surface area contributed by atoms with E-state index >= 15 is 0 Å². The fraction of sp³-hybridized carbons (Fsp3) is 0.333. The fourth-order valence-electron chi connectivity index (χ4n) is 2.44. The molecule has 3 nitrogen and oxygen atoms in total. The molecule has 0 heterocycles. The normalized spacial score (nSPS) is 10.4. The van der Waals surface area contributed by atoms with E-state index in [9.17, 15) is 9.59 Å². The van der Waals surface area contributed by atoms with Gasteiger partial charge in [-0.25, -0.2) is 0 Å². The van der Waals surface area contributed by atoms with Crippen LogP contribution in [0.2, 0.25) is 0 Å². The number of hydrogen-bond acceptors (Lipinski definition) is 3. The van der Waals surface area contributed by atoms with Crippen LogP contribution in [0.3, 0.4) is 0 Å². The van der Waals surface area contributed by atoms with E-state index in [4.69, 9.17) is 0 Å². The predicted molar refractivity (Wildman–Crippen MR) is 104 cm³/mol. The maximum absolute atomic E-state index is 12.2. The first-order valence-electron chi connectivity index (χ1n) is 8.80. The summed E-state index contributed by atoms with van der Waals surface area (Å²) in [6.07, 6.45) is 4.56. The molecule has 0 aliphatic carbocycles. The Bertz CT molecular complexity index is 685. The second-order valence-electron chi connectivity index (χ2n) is 5.92. The number of thioether (sulfide) groups is 1. The van der Waals surface area contributed by atoms with Crippen molar-refractivity contribution in [3.63, 3.8) is 0 Å². The van der Waals surface area contributed by atoms with E-state index in [1.807, 2.05) is 54.6 Å². The van der Waals surface area contributed by atoms with Crippen molar-refractivity contribution in [2.75, 3.05) is 12.3 Å². The monoisotopic (exact) mass is 355 g/mol. The molecule has 0 radical (unpaired) electrons. The lowest BCUT2D eigenvalue weighted by molar-refractivity contribution is 0.0952. The first kappa shape index (κ1) is 19.3. The number of benzene rings is 2. The highest BCUT2D eigenvalue weighted by Gasteiger charge is 2.09. The van der Waals surface area contributed by atoms with Gasteiger partial charge in [-0.15, -0.1) is 11.8 Å². The number of unbranched alkanes of at least 4 members (excludes halogenated alkanes) is 3. The van der Waals surface area contributed by atoms with Gasteiger partial charge in [0.2, 0.25) is 0 Å². The van der Waals surface area contributed by atoms with Crippen LogP contribution in [-0.4, -0.2) is 24.0 Å². The topological polar surface area (TPSA) is 46.2 Å². The maximum atomic E-state index is 12.2. The summed E-state index contributed by atoms with van der Waals surface area (Å²) >= 11 is 1.46. The van der Waals surface area contributed by atoms with Gasteiger partial charge in [-0.3, -0.25) is 9.59 Å². The molecule has 1 amide bonds. The van der Waals surface area contributed by atoms with Crippen molar-refractivity contribution in [1.82, 2.24) is 5.32 Å². The lowest BCUT2D eigenvalue weighted by Gasteiger charge is -2.07. The standard InChI is InChI=1S/C21H25NO2S/c1-2-3-4-8-14-22-21(24)18-12-9-13-19(15-18)25-16-20(23)17-10-6-5-7-11-17/h5-7,9-13,15H,2-4,8,14,16H2,1H3,(H,22,24). The number of amides is 1. The molecular formula is C21H25NO2S. The van der Waals surface area contributed by atoms with E-state index < -0.39 is 0 Å². The molecule has 0 aliphatic heterocycles. The van der Waals surface area contributed by atoms with E-state index in [0.29, 0.717) is 17.9 Å². The Kier molecular flexibility index (Phi) is 8.26. The Balaban J connectivity index is 1.84. The van der Waals surface area contributed by atoms with Gasteiger partial charge in [-0.05, 0) is 24.6 Å². The van der Waals surface area contributed by atoms with Crippen LogP contribution in [0.5, 0.6) is 0 Å². The number of nitrogens with one attached hydrogen (secondary N) is 1. The molecule has 0 unspecified atom stereocenters. The Morgan fingerprint density at radius 2 is 1.68 bits per heavy atom. The largest absolute Gasteiger partial charge is 0.352 e. The molecule has 0 bridgehead atoms. The van der Waals surface area contributed by atoms with Gasteiger partial charge in [0.15, 0.2) is 5.78 Å². The minimum atomic E-state index is -0.0478. The molecule has 0 atom stereocenters. The lowest BCUT2D eigenvalue weighted by Crippen LogP contribution is -2.24. The Hall–Kier alpha value is -2.07. The van der Waals surface area contributed by atoms with Crippen LogP contribution in [-0.2, 0) is 0 Å². The molecule has 2 aromatic carbocycles. The van der Waals surface area contributed by atoms with Gasteiger partial charge in [0.1, 0.15) is 0 Å². The molecule has 0 saturated heterocycles. The summed E-state index contributed by atoms with van der Waals surface area (Å²) in [4.78, 5) is 25.3. The molecule has 1 N–H and O–H groups in total. The molecular weight excluding hydrogens is 330 g/mol. The Morgan fingerprint density at radius 1 is 0.920 bits per heavy atom. The number of rotatable bonds is 10. The SMILES string of the molecule is CCCCCCNC(=O)c1cccc(SCC(=O)c2ccccc2)c1. The minimum Gasteiger partial charge on any atom is -0.352 e. The van der Waals surface area contributed by atoms with Crippen molar-refractivity contribution >= 4 is 23.5 Å². The Morgan fingerprint density at radius 3 is 2.44 bits per heavy atom. The smallest absolute Gasteiger partial charge is 0.251 e. The van der Waals surface area contributed by atoms with E-state index in [1.165, 1.54) is 24.6 Å². The average molecular weight is 356 g/mol. The summed E-state index contributed by atoms with van der Waals surface area (Å²) in [6.45, 7) is 2.88. The molecule has 0 aliphatic rings. The third kappa shape index (κ3) is 6.75. The second-order valence-corrected chi connectivity index (χ2v) is 6.97. The summed E-state index contributed by atoms with van der Waals surface area (Å²) in [7, 11) is 0. The summed E-state index contributed by atoms with van der Waals surface area (Å²) < 4.78 is 0. The van der Waals surface area contributed by atoms with Crippen LogP contribution < -0.4 is 5.32 Å². The number of ketones is 1. The van der Waals surface area contributed by atoms with Gasteiger partial charge >= 0.3 is 0 Å². The quantitative estimate of drug-likeness (QED) is 0.372.